The Labute approximate surface area is 135 Å². The lowest BCUT2D eigenvalue weighted by atomic mass is 9.79. The van der Waals surface area contributed by atoms with E-state index in [4.69, 9.17) is 10.8 Å². The molecule has 124 valence electrons. The number of alkyl halides is 3. The number of aromatic carboxylic acids is 1. The number of halogens is 3. The number of carboxylic acid groups (broad SMARTS) is 1. The van der Waals surface area contributed by atoms with Crippen molar-refractivity contribution in [3.05, 3.63) is 70.8 Å². The van der Waals surface area contributed by atoms with Crippen molar-refractivity contribution >= 4 is 11.8 Å². The molecule has 1 aliphatic heterocycles. The summed E-state index contributed by atoms with van der Waals surface area (Å²) >= 11 is 0. The van der Waals surface area contributed by atoms with Crippen LogP contribution in [-0.2, 0) is 12.0 Å². The van der Waals surface area contributed by atoms with Crippen molar-refractivity contribution in [3.8, 4) is 0 Å². The molecule has 0 saturated carbocycles. The third-order valence-electron chi connectivity index (χ3n) is 4.11. The summed E-state index contributed by atoms with van der Waals surface area (Å²) in [6, 6.07) is 11.2. The quantitative estimate of drug-likeness (QED) is 0.886. The van der Waals surface area contributed by atoms with Gasteiger partial charge in [-0.25, -0.2) is 9.79 Å². The molecule has 1 heterocycles. The molecular formula is C17H13F3N2O2. The van der Waals surface area contributed by atoms with Gasteiger partial charge in [-0.15, -0.1) is 0 Å². The highest BCUT2D eigenvalue weighted by atomic mass is 19.4. The molecule has 0 fully saturated rings. The molecule has 0 radical (unpaired) electrons. The van der Waals surface area contributed by atoms with E-state index in [0.717, 1.165) is 0 Å². The van der Waals surface area contributed by atoms with Crippen molar-refractivity contribution < 1.29 is 23.1 Å². The van der Waals surface area contributed by atoms with Gasteiger partial charge in [0, 0.05) is 12.0 Å². The number of amidine groups is 1. The summed E-state index contributed by atoms with van der Waals surface area (Å²) in [5.74, 6) is -1.47. The zero-order valence-corrected chi connectivity index (χ0v) is 12.3. The molecule has 0 amide bonds. The predicted molar refractivity (Wildman–Crippen MR) is 82.0 cm³/mol. The number of carbonyl (C=O) groups is 1. The first-order valence-electron chi connectivity index (χ1n) is 7.09. The van der Waals surface area contributed by atoms with Gasteiger partial charge < -0.3 is 10.8 Å². The first kappa shape index (κ1) is 16.0. The zero-order valence-electron chi connectivity index (χ0n) is 12.3. The van der Waals surface area contributed by atoms with E-state index in [9.17, 15) is 18.0 Å². The Morgan fingerprint density at radius 3 is 2.42 bits per heavy atom. The average molecular weight is 334 g/mol. The Balaban J connectivity index is 2.23. The highest BCUT2D eigenvalue weighted by Crippen LogP contribution is 2.47. The highest BCUT2D eigenvalue weighted by molar-refractivity contribution is 6.01. The summed E-state index contributed by atoms with van der Waals surface area (Å²) in [5, 5.41) is 9.08. The predicted octanol–water partition coefficient (Wildman–Crippen LogP) is 3.10. The molecule has 2 aromatic rings. The molecule has 0 saturated heterocycles. The van der Waals surface area contributed by atoms with Crippen LogP contribution in [0.3, 0.4) is 0 Å². The number of fused-ring (bicyclic) bond motifs is 1. The second-order valence-electron chi connectivity index (χ2n) is 5.57. The Morgan fingerprint density at radius 1 is 1.17 bits per heavy atom. The Bertz CT molecular complexity index is 831. The van der Waals surface area contributed by atoms with Crippen molar-refractivity contribution in [1.29, 1.82) is 0 Å². The third-order valence-corrected chi connectivity index (χ3v) is 4.11. The van der Waals surface area contributed by atoms with Crippen molar-refractivity contribution in [2.24, 2.45) is 10.7 Å². The van der Waals surface area contributed by atoms with Gasteiger partial charge in [-0.05, 0) is 23.3 Å². The molecule has 7 heteroatoms. The van der Waals surface area contributed by atoms with Crippen LogP contribution in [0, 0.1) is 0 Å². The van der Waals surface area contributed by atoms with E-state index in [0.29, 0.717) is 5.56 Å². The van der Waals surface area contributed by atoms with Crippen LogP contribution < -0.4 is 5.73 Å². The van der Waals surface area contributed by atoms with Crippen LogP contribution in [-0.4, -0.2) is 23.1 Å². The molecule has 2 aromatic carbocycles. The molecule has 4 nitrogen and oxygen atoms in total. The molecule has 3 rings (SSSR count). The third kappa shape index (κ3) is 2.42. The maximum Gasteiger partial charge on any atom is 0.418 e. The van der Waals surface area contributed by atoms with Crippen molar-refractivity contribution in [3.63, 3.8) is 0 Å². The normalized spacial score (nSPS) is 20.2. The lowest BCUT2D eigenvalue weighted by molar-refractivity contribution is -0.189. The van der Waals surface area contributed by atoms with Crippen molar-refractivity contribution in [2.45, 2.75) is 18.1 Å². The van der Waals surface area contributed by atoms with Gasteiger partial charge in [0.15, 0.2) is 5.54 Å². The molecule has 0 spiro atoms. The summed E-state index contributed by atoms with van der Waals surface area (Å²) in [6.45, 7) is 0. The second-order valence-corrected chi connectivity index (χ2v) is 5.57. The smallest absolute Gasteiger partial charge is 0.418 e. The van der Waals surface area contributed by atoms with E-state index in [2.05, 4.69) is 4.99 Å². The van der Waals surface area contributed by atoms with Crippen molar-refractivity contribution in [2.75, 3.05) is 0 Å². The molecule has 3 N–H and O–H groups in total. The highest BCUT2D eigenvalue weighted by Gasteiger charge is 2.57. The van der Waals surface area contributed by atoms with Gasteiger partial charge in [0.2, 0.25) is 0 Å². The van der Waals surface area contributed by atoms with Gasteiger partial charge in [0.1, 0.15) is 5.84 Å². The fourth-order valence-corrected chi connectivity index (χ4v) is 2.91. The molecule has 0 bridgehead atoms. The van der Waals surface area contributed by atoms with Crippen LogP contribution in [0.2, 0.25) is 0 Å². The molecule has 1 atom stereocenters. The average Bonchev–Trinajstić information content (AvgIpc) is 2.53. The lowest BCUT2D eigenvalue weighted by Crippen LogP contribution is -2.47. The van der Waals surface area contributed by atoms with E-state index in [-0.39, 0.29) is 22.5 Å². The summed E-state index contributed by atoms with van der Waals surface area (Å²) in [4.78, 5) is 14.9. The number of nitrogens with zero attached hydrogens (tertiary/aromatic N) is 1. The minimum atomic E-state index is -4.68. The van der Waals surface area contributed by atoms with Gasteiger partial charge in [-0.2, -0.15) is 13.2 Å². The van der Waals surface area contributed by atoms with Crippen LogP contribution in [0.25, 0.3) is 0 Å². The van der Waals surface area contributed by atoms with E-state index in [1.807, 2.05) is 0 Å². The summed E-state index contributed by atoms with van der Waals surface area (Å²) in [5.41, 5.74) is 3.67. The van der Waals surface area contributed by atoms with Gasteiger partial charge in [-0.3, -0.25) is 0 Å². The van der Waals surface area contributed by atoms with Crippen LogP contribution in [0.15, 0.2) is 53.5 Å². The maximum absolute atomic E-state index is 13.9. The largest absolute Gasteiger partial charge is 0.478 e. The van der Waals surface area contributed by atoms with Gasteiger partial charge in [0.05, 0.1) is 5.56 Å². The van der Waals surface area contributed by atoms with Crippen molar-refractivity contribution in [1.82, 2.24) is 0 Å². The number of carboxylic acids is 1. The number of nitrogens with two attached hydrogens (primary N) is 1. The zero-order chi connectivity index (χ0) is 17.5. The number of benzene rings is 2. The fraction of sp³-hybridized carbons (Fsp3) is 0.176. The standard InChI is InChI=1S/C17H13F3N2O2/c18-17(19,20)16(12-4-2-1-3-5-12)9-11-8-10(15(23)24)6-7-13(11)14(21)22-16/h1-8H,9H2,(H2,21,22)(H,23,24). The molecular weight excluding hydrogens is 321 g/mol. The first-order chi connectivity index (χ1) is 11.2. The minimum absolute atomic E-state index is 0.0353. The van der Waals surface area contributed by atoms with Gasteiger partial charge in [-0.1, -0.05) is 36.4 Å². The van der Waals surface area contributed by atoms with Gasteiger partial charge in [0.25, 0.3) is 0 Å². The fourth-order valence-electron chi connectivity index (χ4n) is 2.91. The van der Waals surface area contributed by atoms with Crippen LogP contribution >= 0.6 is 0 Å². The van der Waals surface area contributed by atoms with E-state index < -0.39 is 24.1 Å². The lowest BCUT2D eigenvalue weighted by Gasteiger charge is -2.36. The molecule has 0 aliphatic carbocycles. The monoisotopic (exact) mass is 334 g/mol. The SMILES string of the molecule is NC1=NC(c2ccccc2)(C(F)(F)F)Cc2cc(C(=O)O)ccc21. The first-order valence-corrected chi connectivity index (χ1v) is 7.09. The second kappa shape index (κ2) is 5.36. The number of aliphatic imine (C=N–C) groups is 1. The number of hydrogen-bond donors (Lipinski definition) is 2. The van der Waals surface area contributed by atoms with Crippen LogP contribution in [0.4, 0.5) is 13.2 Å². The Kier molecular flexibility index (Phi) is 3.59. The number of rotatable bonds is 2. The topological polar surface area (TPSA) is 75.7 Å². The van der Waals surface area contributed by atoms with Crippen LogP contribution in [0.1, 0.15) is 27.0 Å². The van der Waals surface area contributed by atoms with E-state index in [1.54, 1.807) is 6.07 Å². The van der Waals surface area contributed by atoms with E-state index >= 15 is 0 Å². The molecule has 24 heavy (non-hydrogen) atoms. The summed E-state index contributed by atoms with van der Waals surface area (Å²) < 4.78 is 41.8. The summed E-state index contributed by atoms with van der Waals surface area (Å²) in [7, 11) is 0. The minimum Gasteiger partial charge on any atom is -0.478 e. The number of hydrogen-bond acceptors (Lipinski definition) is 3. The Hall–Kier alpha value is -2.83. The molecule has 1 aliphatic rings. The Morgan fingerprint density at radius 2 is 1.83 bits per heavy atom. The van der Waals surface area contributed by atoms with Gasteiger partial charge >= 0.3 is 12.1 Å². The maximum atomic E-state index is 13.9. The molecule has 1 unspecified atom stereocenters. The van der Waals surface area contributed by atoms with E-state index in [1.165, 1.54) is 42.5 Å². The molecule has 0 aromatic heterocycles. The van der Waals surface area contributed by atoms with Crippen LogP contribution in [0.5, 0.6) is 0 Å². The summed E-state index contributed by atoms with van der Waals surface area (Å²) in [6.07, 6.45) is -5.19.